The number of aryl methyl sites for hydroxylation is 1. The predicted molar refractivity (Wildman–Crippen MR) is 71.5 cm³/mol. The third-order valence-corrected chi connectivity index (χ3v) is 3.23. The summed E-state index contributed by atoms with van der Waals surface area (Å²) < 4.78 is 5.64. The van der Waals surface area contributed by atoms with E-state index in [2.05, 4.69) is 0 Å². The molecule has 1 aromatic rings. The fourth-order valence-corrected chi connectivity index (χ4v) is 2.48. The quantitative estimate of drug-likeness (QED) is 0.771. The van der Waals surface area contributed by atoms with Crippen molar-refractivity contribution in [2.24, 2.45) is 0 Å². The summed E-state index contributed by atoms with van der Waals surface area (Å²) in [5.41, 5.74) is 8.01. The van der Waals surface area contributed by atoms with Gasteiger partial charge in [-0.2, -0.15) is 0 Å². The van der Waals surface area contributed by atoms with E-state index in [0.717, 1.165) is 5.56 Å². The molecule has 1 saturated heterocycles. The van der Waals surface area contributed by atoms with Gasteiger partial charge in [-0.15, -0.1) is 0 Å². The lowest BCUT2D eigenvalue weighted by Gasteiger charge is -2.35. The van der Waals surface area contributed by atoms with Gasteiger partial charge < -0.3 is 15.4 Å². The molecule has 1 fully saturated rings. The average molecular weight is 248 g/mol. The summed E-state index contributed by atoms with van der Waals surface area (Å²) in [4.78, 5) is 14.4. The Labute approximate surface area is 108 Å². The molecule has 98 valence electrons. The number of rotatable bonds is 1. The molecular weight excluding hydrogens is 228 g/mol. The van der Waals surface area contributed by atoms with E-state index >= 15 is 0 Å². The van der Waals surface area contributed by atoms with Gasteiger partial charge in [-0.1, -0.05) is 12.1 Å². The van der Waals surface area contributed by atoms with Gasteiger partial charge in [0.15, 0.2) is 0 Å². The number of anilines is 1. The van der Waals surface area contributed by atoms with Crippen LogP contribution in [0.15, 0.2) is 18.2 Å². The molecule has 1 amide bonds. The first kappa shape index (κ1) is 12.9. The molecule has 0 aromatic heterocycles. The van der Waals surface area contributed by atoms with E-state index in [9.17, 15) is 4.79 Å². The first-order valence-corrected chi connectivity index (χ1v) is 6.29. The van der Waals surface area contributed by atoms with E-state index in [1.165, 1.54) is 0 Å². The van der Waals surface area contributed by atoms with Gasteiger partial charge in [-0.3, -0.25) is 4.79 Å². The summed E-state index contributed by atoms with van der Waals surface area (Å²) in [5.74, 6) is 0.00704. The first-order valence-electron chi connectivity index (χ1n) is 6.29. The predicted octanol–water partition coefficient (Wildman–Crippen LogP) is 1.83. The number of carbonyl (C=O) groups is 1. The lowest BCUT2D eigenvalue weighted by atomic mass is 10.0. The van der Waals surface area contributed by atoms with Gasteiger partial charge in [-0.25, -0.2) is 0 Å². The number of nitrogen functional groups attached to an aromatic ring is 1. The third-order valence-electron chi connectivity index (χ3n) is 3.23. The van der Waals surface area contributed by atoms with Gasteiger partial charge in [-0.05, 0) is 32.4 Å². The highest BCUT2D eigenvalue weighted by Crippen LogP contribution is 2.21. The maximum Gasteiger partial charge on any atom is 0.256 e. The van der Waals surface area contributed by atoms with Gasteiger partial charge in [0.25, 0.3) is 5.91 Å². The Balaban J connectivity index is 2.26. The molecule has 0 aliphatic carbocycles. The lowest BCUT2D eigenvalue weighted by Crippen LogP contribution is -2.48. The van der Waals surface area contributed by atoms with Crippen LogP contribution in [0, 0.1) is 6.92 Å². The van der Waals surface area contributed by atoms with Crippen LogP contribution >= 0.6 is 0 Å². The van der Waals surface area contributed by atoms with Gasteiger partial charge >= 0.3 is 0 Å². The van der Waals surface area contributed by atoms with Gasteiger partial charge in [0.05, 0.1) is 17.8 Å². The molecule has 0 radical (unpaired) electrons. The maximum absolute atomic E-state index is 12.5. The van der Waals surface area contributed by atoms with Crippen molar-refractivity contribution >= 4 is 11.6 Å². The summed E-state index contributed by atoms with van der Waals surface area (Å²) >= 11 is 0. The van der Waals surface area contributed by atoms with Crippen LogP contribution in [-0.4, -0.2) is 36.1 Å². The van der Waals surface area contributed by atoms with Crippen molar-refractivity contribution in [3.8, 4) is 0 Å². The number of ether oxygens (including phenoxy) is 1. The Bertz CT molecular complexity index is 429. The summed E-state index contributed by atoms with van der Waals surface area (Å²) in [6.45, 7) is 7.12. The summed E-state index contributed by atoms with van der Waals surface area (Å²) in [7, 11) is 0. The number of benzene rings is 1. The molecule has 2 rings (SSSR count). The number of morpholine rings is 1. The Morgan fingerprint density at radius 3 is 2.50 bits per heavy atom. The molecule has 0 spiro atoms. The largest absolute Gasteiger partial charge is 0.398 e. The highest BCUT2D eigenvalue weighted by Gasteiger charge is 2.28. The number of hydrogen-bond donors (Lipinski definition) is 1. The molecule has 4 heteroatoms. The Morgan fingerprint density at radius 2 is 1.94 bits per heavy atom. The van der Waals surface area contributed by atoms with Crippen molar-refractivity contribution in [1.29, 1.82) is 0 Å². The number of hydrogen-bond acceptors (Lipinski definition) is 3. The molecule has 2 N–H and O–H groups in total. The van der Waals surface area contributed by atoms with Crippen molar-refractivity contribution in [3.63, 3.8) is 0 Å². The Hall–Kier alpha value is -1.55. The van der Waals surface area contributed by atoms with E-state index in [-0.39, 0.29) is 18.1 Å². The SMILES string of the molecule is Cc1cccc(N)c1C(=O)N1C[C@@H](C)O[C@@H](C)C1. The van der Waals surface area contributed by atoms with Gasteiger partial charge in [0.1, 0.15) is 0 Å². The fraction of sp³-hybridized carbons (Fsp3) is 0.500. The summed E-state index contributed by atoms with van der Waals surface area (Å²) in [5, 5.41) is 0. The molecule has 0 unspecified atom stereocenters. The zero-order valence-electron chi connectivity index (χ0n) is 11.1. The molecule has 0 bridgehead atoms. The summed E-state index contributed by atoms with van der Waals surface area (Å²) in [6.07, 6.45) is 0.144. The molecule has 2 atom stereocenters. The highest BCUT2D eigenvalue weighted by molar-refractivity contribution is 6.00. The normalized spacial score (nSPS) is 24.1. The Kier molecular flexibility index (Phi) is 3.57. The minimum absolute atomic E-state index is 0.00704. The average Bonchev–Trinajstić information content (AvgIpc) is 2.27. The molecule has 4 nitrogen and oxygen atoms in total. The lowest BCUT2D eigenvalue weighted by molar-refractivity contribution is -0.0586. The molecule has 0 saturated carbocycles. The highest BCUT2D eigenvalue weighted by atomic mass is 16.5. The van der Waals surface area contributed by atoms with E-state index in [1.54, 1.807) is 6.07 Å². The van der Waals surface area contributed by atoms with Crippen LogP contribution in [0.4, 0.5) is 5.69 Å². The van der Waals surface area contributed by atoms with E-state index in [1.807, 2.05) is 37.8 Å². The number of amides is 1. The molecule has 1 heterocycles. The van der Waals surface area contributed by atoms with E-state index < -0.39 is 0 Å². The van der Waals surface area contributed by atoms with Crippen LogP contribution in [0.3, 0.4) is 0 Å². The zero-order valence-corrected chi connectivity index (χ0v) is 11.1. The maximum atomic E-state index is 12.5. The van der Waals surface area contributed by atoms with Crippen LogP contribution < -0.4 is 5.73 Å². The topological polar surface area (TPSA) is 55.6 Å². The van der Waals surface area contributed by atoms with Crippen molar-refractivity contribution < 1.29 is 9.53 Å². The van der Waals surface area contributed by atoms with Gasteiger partial charge in [0, 0.05) is 18.8 Å². The zero-order chi connectivity index (χ0) is 13.3. The van der Waals surface area contributed by atoms with Crippen molar-refractivity contribution in [3.05, 3.63) is 29.3 Å². The van der Waals surface area contributed by atoms with Crippen LogP contribution in [0.1, 0.15) is 29.8 Å². The first-order chi connectivity index (χ1) is 8.49. The number of nitrogens with zero attached hydrogens (tertiary/aromatic N) is 1. The number of carbonyl (C=O) groups excluding carboxylic acids is 1. The standard InChI is InChI=1S/C14H20N2O2/c1-9-5-4-6-12(15)13(9)14(17)16-7-10(2)18-11(3)8-16/h4-6,10-11H,7-8,15H2,1-3H3/t10-,11+. The van der Waals surface area contributed by atoms with E-state index in [4.69, 9.17) is 10.5 Å². The van der Waals surface area contributed by atoms with Crippen molar-refractivity contribution in [2.45, 2.75) is 33.0 Å². The monoisotopic (exact) mass is 248 g/mol. The van der Waals surface area contributed by atoms with Crippen LogP contribution in [0.2, 0.25) is 0 Å². The smallest absolute Gasteiger partial charge is 0.256 e. The van der Waals surface area contributed by atoms with Gasteiger partial charge in [0.2, 0.25) is 0 Å². The molecular formula is C14H20N2O2. The molecule has 1 aliphatic heterocycles. The summed E-state index contributed by atoms with van der Waals surface area (Å²) in [6, 6.07) is 5.55. The molecule has 1 aromatic carbocycles. The van der Waals surface area contributed by atoms with E-state index in [0.29, 0.717) is 24.3 Å². The Morgan fingerprint density at radius 1 is 1.33 bits per heavy atom. The second-order valence-corrected chi connectivity index (χ2v) is 5.01. The third kappa shape index (κ3) is 2.48. The second kappa shape index (κ2) is 4.98. The van der Waals surface area contributed by atoms with Crippen LogP contribution in [0.25, 0.3) is 0 Å². The second-order valence-electron chi connectivity index (χ2n) is 5.01. The fourth-order valence-electron chi connectivity index (χ4n) is 2.48. The van der Waals surface area contributed by atoms with Crippen LogP contribution in [0.5, 0.6) is 0 Å². The number of nitrogens with two attached hydrogens (primary N) is 1. The van der Waals surface area contributed by atoms with Crippen LogP contribution in [-0.2, 0) is 4.74 Å². The molecule has 1 aliphatic rings. The van der Waals surface area contributed by atoms with Crippen molar-refractivity contribution in [1.82, 2.24) is 4.90 Å². The minimum atomic E-state index is 0.00704. The minimum Gasteiger partial charge on any atom is -0.398 e. The van der Waals surface area contributed by atoms with Crippen molar-refractivity contribution in [2.75, 3.05) is 18.8 Å². The molecule has 18 heavy (non-hydrogen) atoms.